The number of carbonyl (C=O) groups is 2. The number of fused-ring (bicyclic) bond motifs is 3. The number of nitrogens with one attached hydrogen (secondary N) is 2. The van der Waals surface area contributed by atoms with Gasteiger partial charge >= 0.3 is 0 Å². The van der Waals surface area contributed by atoms with Crippen LogP contribution in [0, 0.1) is 11.8 Å². The lowest BCUT2D eigenvalue weighted by atomic mass is 9.62. The van der Waals surface area contributed by atoms with Crippen LogP contribution < -0.4 is 10.6 Å². The summed E-state index contributed by atoms with van der Waals surface area (Å²) >= 11 is 0. The van der Waals surface area contributed by atoms with Gasteiger partial charge in [0, 0.05) is 12.2 Å². The minimum atomic E-state index is -0.727. The molecule has 4 rings (SSSR count). The minimum Gasteiger partial charge on any atom is -0.388 e. The van der Waals surface area contributed by atoms with Gasteiger partial charge in [0.1, 0.15) is 0 Å². The van der Waals surface area contributed by atoms with Gasteiger partial charge in [-0.1, -0.05) is 18.7 Å². The molecule has 0 aliphatic heterocycles. The maximum absolute atomic E-state index is 12.2. The monoisotopic (exact) mass is 342 g/mol. The fourth-order valence-electron chi connectivity index (χ4n) is 4.19. The van der Waals surface area contributed by atoms with Gasteiger partial charge in [-0.25, -0.2) is 0 Å². The van der Waals surface area contributed by atoms with Crippen LogP contribution >= 0.6 is 0 Å². The summed E-state index contributed by atoms with van der Waals surface area (Å²) in [4.78, 5) is 23.5. The summed E-state index contributed by atoms with van der Waals surface area (Å²) in [7, 11) is 0. The number of rotatable bonds is 6. The molecule has 5 nitrogen and oxygen atoms in total. The molecule has 3 saturated carbocycles. The van der Waals surface area contributed by atoms with E-state index in [0.29, 0.717) is 24.1 Å². The molecule has 1 unspecified atom stereocenters. The maximum atomic E-state index is 12.2. The Hall–Kier alpha value is -2.14. The summed E-state index contributed by atoms with van der Waals surface area (Å²) in [6.45, 7) is 3.75. The van der Waals surface area contributed by atoms with Crippen LogP contribution in [0.5, 0.6) is 0 Å². The van der Waals surface area contributed by atoms with Crippen LogP contribution in [0.4, 0.5) is 5.69 Å². The van der Waals surface area contributed by atoms with Crippen molar-refractivity contribution < 1.29 is 14.7 Å². The summed E-state index contributed by atoms with van der Waals surface area (Å²) in [5.41, 5.74) is 0.809. The second-order valence-electron chi connectivity index (χ2n) is 7.37. The molecule has 3 aliphatic carbocycles. The van der Waals surface area contributed by atoms with Crippen molar-refractivity contribution in [3.05, 3.63) is 42.5 Å². The van der Waals surface area contributed by atoms with Gasteiger partial charge in [-0.15, -0.1) is 0 Å². The summed E-state index contributed by atoms with van der Waals surface area (Å²) in [6.07, 6.45) is 6.88. The zero-order valence-electron chi connectivity index (χ0n) is 14.5. The van der Waals surface area contributed by atoms with Gasteiger partial charge in [0.25, 0.3) is 0 Å². The van der Waals surface area contributed by atoms with Gasteiger partial charge in [-0.3, -0.25) is 9.59 Å². The predicted octanol–water partition coefficient (Wildman–Crippen LogP) is 2.41. The first kappa shape index (κ1) is 17.7. The van der Waals surface area contributed by atoms with Crippen LogP contribution in [-0.4, -0.2) is 29.1 Å². The van der Waals surface area contributed by atoms with Gasteiger partial charge in [0.15, 0.2) is 0 Å². The highest BCUT2D eigenvalue weighted by Crippen LogP contribution is 2.47. The highest BCUT2D eigenvalue weighted by Gasteiger charge is 2.46. The highest BCUT2D eigenvalue weighted by atomic mass is 16.3. The zero-order chi connectivity index (χ0) is 17.9. The molecule has 2 bridgehead atoms. The summed E-state index contributed by atoms with van der Waals surface area (Å²) in [5, 5.41) is 16.4. The molecule has 0 saturated heterocycles. The topological polar surface area (TPSA) is 78.4 Å². The molecule has 25 heavy (non-hydrogen) atoms. The molecule has 0 radical (unpaired) electrons. The second kappa shape index (κ2) is 7.40. The molecular formula is C20H26N2O3. The molecule has 0 aromatic heterocycles. The summed E-state index contributed by atoms with van der Waals surface area (Å²) in [5.74, 6) is 0.592. The van der Waals surface area contributed by atoms with Crippen molar-refractivity contribution >= 4 is 17.5 Å². The van der Waals surface area contributed by atoms with Crippen LogP contribution in [0.3, 0.4) is 0 Å². The molecule has 3 aliphatic rings. The van der Waals surface area contributed by atoms with Crippen LogP contribution in [0.25, 0.3) is 0 Å². The van der Waals surface area contributed by atoms with E-state index in [0.717, 1.165) is 24.8 Å². The van der Waals surface area contributed by atoms with E-state index in [1.807, 2.05) is 12.1 Å². The third kappa shape index (κ3) is 4.28. The molecule has 0 spiro atoms. The van der Waals surface area contributed by atoms with Crippen LogP contribution in [-0.2, 0) is 16.0 Å². The second-order valence-corrected chi connectivity index (χ2v) is 7.37. The van der Waals surface area contributed by atoms with E-state index in [1.165, 1.54) is 18.9 Å². The first-order valence-corrected chi connectivity index (χ1v) is 9.00. The molecule has 1 aromatic rings. The maximum Gasteiger partial charge on any atom is 0.247 e. The van der Waals surface area contributed by atoms with E-state index in [9.17, 15) is 14.7 Å². The number of carbonyl (C=O) groups excluding carboxylic acids is 2. The molecule has 3 fully saturated rings. The first-order valence-electron chi connectivity index (χ1n) is 9.00. The molecule has 1 aromatic carbocycles. The average Bonchev–Trinajstić information content (AvgIpc) is 2.62. The van der Waals surface area contributed by atoms with Gasteiger partial charge in [-0.05, 0) is 67.7 Å². The van der Waals surface area contributed by atoms with Gasteiger partial charge in [-0.2, -0.15) is 0 Å². The largest absolute Gasteiger partial charge is 0.388 e. The third-order valence-corrected chi connectivity index (χ3v) is 5.61. The molecule has 1 atom stereocenters. The van der Waals surface area contributed by atoms with Crippen molar-refractivity contribution in [3.63, 3.8) is 0 Å². The number of aliphatic hydroxyl groups is 1. The SMILES string of the molecule is C=CC(=O)Nc1ccc(CC(=O)NCC2(O)CC3CCC2CC3)cc1. The number of hydrogen-bond acceptors (Lipinski definition) is 3. The van der Waals surface area contributed by atoms with Gasteiger partial charge < -0.3 is 15.7 Å². The number of benzene rings is 1. The van der Waals surface area contributed by atoms with Gasteiger partial charge in [0.2, 0.25) is 11.8 Å². The average molecular weight is 342 g/mol. The van der Waals surface area contributed by atoms with Crippen molar-refractivity contribution in [1.82, 2.24) is 5.32 Å². The Kier molecular flexibility index (Phi) is 5.23. The molecule has 2 amide bonds. The number of anilines is 1. The van der Waals surface area contributed by atoms with E-state index in [1.54, 1.807) is 12.1 Å². The van der Waals surface area contributed by atoms with Crippen molar-refractivity contribution in [2.24, 2.45) is 11.8 Å². The summed E-state index contributed by atoms with van der Waals surface area (Å²) in [6, 6.07) is 7.15. The van der Waals surface area contributed by atoms with E-state index < -0.39 is 5.60 Å². The fraction of sp³-hybridized carbons (Fsp3) is 0.500. The fourth-order valence-corrected chi connectivity index (χ4v) is 4.19. The Morgan fingerprint density at radius 2 is 1.88 bits per heavy atom. The Labute approximate surface area is 148 Å². The Balaban J connectivity index is 1.49. The van der Waals surface area contributed by atoms with Crippen molar-refractivity contribution in [2.45, 2.75) is 44.1 Å². The standard InChI is InChI=1S/C20H26N2O3/c1-2-18(23)22-17-9-5-14(6-10-17)11-19(24)21-13-20(25)12-15-3-7-16(20)8-4-15/h2,5-6,9-10,15-16,25H,1,3-4,7-8,11-13H2,(H,21,24)(H,22,23). The van der Waals surface area contributed by atoms with Crippen LogP contribution in [0.15, 0.2) is 36.9 Å². The Bertz CT molecular complexity index is 647. The zero-order valence-corrected chi connectivity index (χ0v) is 14.5. The molecule has 5 heteroatoms. The Morgan fingerprint density at radius 1 is 1.20 bits per heavy atom. The molecule has 3 N–H and O–H groups in total. The molecule has 0 heterocycles. The lowest BCUT2D eigenvalue weighted by molar-refractivity contribution is -0.126. The van der Waals surface area contributed by atoms with E-state index >= 15 is 0 Å². The van der Waals surface area contributed by atoms with Crippen LogP contribution in [0.2, 0.25) is 0 Å². The number of hydrogen-bond donors (Lipinski definition) is 3. The highest BCUT2D eigenvalue weighted by molar-refractivity contribution is 5.98. The minimum absolute atomic E-state index is 0.0854. The molecule has 134 valence electrons. The Morgan fingerprint density at radius 3 is 2.44 bits per heavy atom. The molecular weight excluding hydrogens is 316 g/mol. The summed E-state index contributed by atoms with van der Waals surface area (Å²) < 4.78 is 0. The third-order valence-electron chi connectivity index (χ3n) is 5.61. The van der Waals surface area contributed by atoms with E-state index in [2.05, 4.69) is 17.2 Å². The first-order chi connectivity index (χ1) is 12.0. The van der Waals surface area contributed by atoms with Crippen molar-refractivity contribution in [1.29, 1.82) is 0 Å². The smallest absolute Gasteiger partial charge is 0.247 e. The lowest BCUT2D eigenvalue weighted by Gasteiger charge is -2.48. The van der Waals surface area contributed by atoms with E-state index in [-0.39, 0.29) is 18.2 Å². The normalized spacial score (nSPS) is 27.6. The predicted molar refractivity (Wildman–Crippen MR) is 97.0 cm³/mol. The van der Waals surface area contributed by atoms with Crippen molar-refractivity contribution in [2.75, 3.05) is 11.9 Å². The van der Waals surface area contributed by atoms with Crippen LogP contribution in [0.1, 0.15) is 37.7 Å². The number of amides is 2. The van der Waals surface area contributed by atoms with Gasteiger partial charge in [0.05, 0.1) is 12.0 Å². The van der Waals surface area contributed by atoms with E-state index in [4.69, 9.17) is 0 Å². The lowest BCUT2D eigenvalue weighted by Crippen LogP contribution is -2.54. The van der Waals surface area contributed by atoms with Crippen molar-refractivity contribution in [3.8, 4) is 0 Å². The quantitative estimate of drug-likeness (QED) is 0.695.